The average Bonchev–Trinajstić information content (AvgIpc) is 2.54. The van der Waals surface area contributed by atoms with Crippen molar-refractivity contribution in [2.24, 2.45) is 5.41 Å². The Morgan fingerprint density at radius 2 is 1.92 bits per heavy atom. The summed E-state index contributed by atoms with van der Waals surface area (Å²) in [4.78, 5) is 11.4. The van der Waals surface area contributed by atoms with E-state index in [1.165, 1.54) is 0 Å². The zero-order chi connectivity index (χ0) is 9.90. The van der Waals surface area contributed by atoms with Gasteiger partial charge in [0.25, 0.3) is 0 Å². The topological polar surface area (TPSA) is 34.0 Å². The van der Waals surface area contributed by atoms with E-state index in [-0.39, 0.29) is 11.3 Å². The van der Waals surface area contributed by atoms with Crippen LogP contribution < -0.4 is 5.32 Å². The molecular weight excluding hydrogens is 164 g/mol. The molecule has 13 heavy (non-hydrogen) atoms. The SMILES string of the molecule is CNC(=O)C(C)(C)Cn1cccc1. The van der Waals surface area contributed by atoms with Crippen LogP contribution in [-0.2, 0) is 11.3 Å². The number of nitrogens with zero attached hydrogens (tertiary/aromatic N) is 1. The summed E-state index contributed by atoms with van der Waals surface area (Å²) in [7, 11) is 1.67. The molecule has 0 saturated carbocycles. The minimum absolute atomic E-state index is 0.0706. The molecule has 3 nitrogen and oxygen atoms in total. The van der Waals surface area contributed by atoms with Gasteiger partial charge in [-0.1, -0.05) is 0 Å². The van der Waals surface area contributed by atoms with Gasteiger partial charge in [0.05, 0.1) is 5.41 Å². The minimum atomic E-state index is -0.353. The third kappa shape index (κ3) is 2.34. The van der Waals surface area contributed by atoms with Gasteiger partial charge in [0.15, 0.2) is 0 Å². The van der Waals surface area contributed by atoms with Crippen LogP contribution in [-0.4, -0.2) is 17.5 Å². The fraction of sp³-hybridized carbons (Fsp3) is 0.500. The number of hydrogen-bond acceptors (Lipinski definition) is 1. The maximum Gasteiger partial charge on any atom is 0.227 e. The molecule has 1 aromatic heterocycles. The number of nitrogens with one attached hydrogen (secondary N) is 1. The number of amides is 1. The summed E-state index contributed by atoms with van der Waals surface area (Å²) >= 11 is 0. The molecule has 0 atom stereocenters. The van der Waals surface area contributed by atoms with Gasteiger partial charge in [-0.3, -0.25) is 4.79 Å². The molecule has 0 spiro atoms. The Bertz CT molecular complexity index is 275. The van der Waals surface area contributed by atoms with Crippen molar-refractivity contribution in [2.45, 2.75) is 20.4 Å². The Hall–Kier alpha value is -1.25. The van der Waals surface area contributed by atoms with Gasteiger partial charge < -0.3 is 9.88 Å². The molecule has 0 saturated heterocycles. The molecule has 0 radical (unpaired) electrons. The van der Waals surface area contributed by atoms with Crippen LogP contribution in [0.5, 0.6) is 0 Å². The number of carbonyl (C=O) groups is 1. The Morgan fingerprint density at radius 3 is 2.38 bits per heavy atom. The number of hydrogen-bond donors (Lipinski definition) is 1. The lowest BCUT2D eigenvalue weighted by Gasteiger charge is -2.22. The summed E-state index contributed by atoms with van der Waals surface area (Å²) < 4.78 is 2.01. The zero-order valence-corrected chi connectivity index (χ0v) is 8.37. The highest BCUT2D eigenvalue weighted by atomic mass is 16.2. The van der Waals surface area contributed by atoms with Crippen molar-refractivity contribution in [1.29, 1.82) is 0 Å². The maximum atomic E-state index is 11.4. The van der Waals surface area contributed by atoms with Crippen LogP contribution in [0.15, 0.2) is 24.5 Å². The van der Waals surface area contributed by atoms with Crippen LogP contribution in [0.1, 0.15) is 13.8 Å². The molecule has 1 rings (SSSR count). The number of aromatic nitrogens is 1. The van der Waals surface area contributed by atoms with E-state index in [9.17, 15) is 4.79 Å². The summed E-state index contributed by atoms with van der Waals surface area (Å²) in [5.41, 5.74) is -0.353. The molecular formula is C10H16N2O. The Labute approximate surface area is 78.8 Å². The lowest BCUT2D eigenvalue weighted by atomic mass is 9.92. The van der Waals surface area contributed by atoms with Crippen molar-refractivity contribution < 1.29 is 4.79 Å². The maximum absolute atomic E-state index is 11.4. The number of rotatable bonds is 3. The van der Waals surface area contributed by atoms with E-state index in [4.69, 9.17) is 0 Å². The van der Waals surface area contributed by atoms with Gasteiger partial charge in [-0.05, 0) is 26.0 Å². The molecule has 3 heteroatoms. The highest BCUT2D eigenvalue weighted by molar-refractivity contribution is 5.81. The molecule has 0 unspecified atom stereocenters. The molecule has 0 bridgehead atoms. The van der Waals surface area contributed by atoms with Crippen molar-refractivity contribution in [3.63, 3.8) is 0 Å². The molecule has 0 fully saturated rings. The third-order valence-electron chi connectivity index (χ3n) is 2.09. The van der Waals surface area contributed by atoms with Crippen molar-refractivity contribution in [3.8, 4) is 0 Å². The first-order valence-corrected chi connectivity index (χ1v) is 4.39. The fourth-order valence-electron chi connectivity index (χ4n) is 1.34. The van der Waals surface area contributed by atoms with Crippen molar-refractivity contribution in [1.82, 2.24) is 9.88 Å². The van der Waals surface area contributed by atoms with Crippen LogP contribution >= 0.6 is 0 Å². The van der Waals surface area contributed by atoms with Crippen LogP contribution in [0.2, 0.25) is 0 Å². The predicted molar refractivity (Wildman–Crippen MR) is 52.3 cm³/mol. The average molecular weight is 180 g/mol. The van der Waals surface area contributed by atoms with Crippen molar-refractivity contribution in [2.75, 3.05) is 7.05 Å². The summed E-state index contributed by atoms with van der Waals surface area (Å²) in [5.74, 6) is 0.0706. The lowest BCUT2D eigenvalue weighted by Crippen LogP contribution is -2.37. The van der Waals surface area contributed by atoms with Crippen LogP contribution in [0.4, 0.5) is 0 Å². The second kappa shape index (κ2) is 3.64. The quantitative estimate of drug-likeness (QED) is 0.746. The first kappa shape index (κ1) is 9.84. The van der Waals surface area contributed by atoms with Gasteiger partial charge in [-0.2, -0.15) is 0 Å². The molecule has 1 aromatic rings. The standard InChI is InChI=1S/C10H16N2O/c1-10(2,9(13)11-3)8-12-6-4-5-7-12/h4-7H,8H2,1-3H3,(H,11,13). The Morgan fingerprint density at radius 1 is 1.38 bits per heavy atom. The second-order valence-electron chi connectivity index (χ2n) is 3.82. The molecule has 1 amide bonds. The summed E-state index contributed by atoms with van der Waals surface area (Å²) in [6, 6.07) is 3.92. The normalized spacial score (nSPS) is 11.3. The van der Waals surface area contributed by atoms with Crippen LogP contribution in [0, 0.1) is 5.41 Å². The highest BCUT2D eigenvalue weighted by Crippen LogP contribution is 2.17. The van der Waals surface area contributed by atoms with Crippen LogP contribution in [0.3, 0.4) is 0 Å². The molecule has 0 aliphatic carbocycles. The molecule has 1 heterocycles. The van der Waals surface area contributed by atoms with E-state index in [1.807, 2.05) is 42.9 Å². The van der Waals surface area contributed by atoms with Crippen molar-refractivity contribution in [3.05, 3.63) is 24.5 Å². The van der Waals surface area contributed by atoms with Gasteiger partial charge in [0, 0.05) is 26.0 Å². The van der Waals surface area contributed by atoms with E-state index in [1.54, 1.807) is 7.05 Å². The molecule has 0 aliphatic rings. The smallest absolute Gasteiger partial charge is 0.227 e. The Balaban J connectivity index is 2.67. The largest absolute Gasteiger partial charge is 0.359 e. The predicted octanol–water partition coefficient (Wildman–Crippen LogP) is 1.26. The summed E-state index contributed by atoms with van der Waals surface area (Å²) in [6.07, 6.45) is 3.93. The van der Waals surface area contributed by atoms with E-state index in [0.29, 0.717) is 6.54 Å². The minimum Gasteiger partial charge on any atom is -0.359 e. The molecule has 1 N–H and O–H groups in total. The van der Waals surface area contributed by atoms with Gasteiger partial charge in [-0.15, -0.1) is 0 Å². The Kier molecular flexibility index (Phi) is 2.76. The van der Waals surface area contributed by atoms with E-state index < -0.39 is 0 Å². The third-order valence-corrected chi connectivity index (χ3v) is 2.09. The number of carbonyl (C=O) groups excluding carboxylic acids is 1. The van der Waals surface area contributed by atoms with E-state index >= 15 is 0 Å². The fourth-order valence-corrected chi connectivity index (χ4v) is 1.34. The molecule has 0 aromatic carbocycles. The first-order chi connectivity index (χ1) is 6.06. The summed E-state index contributed by atoms with van der Waals surface area (Å²) in [6.45, 7) is 4.58. The lowest BCUT2D eigenvalue weighted by molar-refractivity contribution is -0.129. The first-order valence-electron chi connectivity index (χ1n) is 4.39. The highest BCUT2D eigenvalue weighted by Gasteiger charge is 2.26. The second-order valence-corrected chi connectivity index (χ2v) is 3.82. The van der Waals surface area contributed by atoms with Gasteiger partial charge >= 0.3 is 0 Å². The molecule has 72 valence electrons. The van der Waals surface area contributed by atoms with Crippen molar-refractivity contribution >= 4 is 5.91 Å². The van der Waals surface area contributed by atoms with Crippen LogP contribution in [0.25, 0.3) is 0 Å². The summed E-state index contributed by atoms with van der Waals surface area (Å²) in [5, 5.41) is 2.67. The van der Waals surface area contributed by atoms with E-state index in [2.05, 4.69) is 5.32 Å². The monoisotopic (exact) mass is 180 g/mol. The van der Waals surface area contributed by atoms with Gasteiger partial charge in [0.1, 0.15) is 0 Å². The van der Waals surface area contributed by atoms with Gasteiger partial charge in [-0.25, -0.2) is 0 Å². The van der Waals surface area contributed by atoms with E-state index in [0.717, 1.165) is 0 Å². The van der Waals surface area contributed by atoms with Gasteiger partial charge in [0.2, 0.25) is 5.91 Å². The zero-order valence-electron chi connectivity index (χ0n) is 8.37. The molecule has 0 aliphatic heterocycles.